The molecule has 4 aromatic rings. The molecule has 2 aromatic heterocycles. The number of nitrogens with two attached hydrogens (primary N) is 1. The van der Waals surface area contributed by atoms with E-state index < -0.39 is 23.2 Å². The number of aromatic nitrogens is 3. The number of amidine groups is 1. The monoisotopic (exact) mass is 651 g/mol. The second-order valence-electron chi connectivity index (χ2n) is 13.1. The third kappa shape index (κ3) is 7.76. The maximum atomic E-state index is 15.4. The second-order valence-corrected chi connectivity index (χ2v) is 13.1. The molecule has 3 heterocycles. The highest BCUT2D eigenvalue weighted by Crippen LogP contribution is 2.38. The molecule has 0 amide bonds. The van der Waals surface area contributed by atoms with Gasteiger partial charge in [-0.15, -0.1) is 0 Å². The maximum absolute atomic E-state index is 15.4. The van der Waals surface area contributed by atoms with Crippen molar-refractivity contribution in [2.75, 3.05) is 6.54 Å². The lowest BCUT2D eigenvalue weighted by molar-refractivity contribution is -0.140. The van der Waals surface area contributed by atoms with E-state index in [1.54, 1.807) is 13.1 Å². The molecule has 8 nitrogen and oxygen atoms in total. The highest BCUT2D eigenvalue weighted by molar-refractivity contribution is 5.83. The molecule has 2 aliphatic rings. The van der Waals surface area contributed by atoms with E-state index in [1.807, 2.05) is 24.3 Å². The van der Waals surface area contributed by atoms with Gasteiger partial charge in [-0.1, -0.05) is 18.6 Å². The first-order valence-corrected chi connectivity index (χ1v) is 16.4. The Bertz CT molecular complexity index is 1790. The normalized spacial score (nSPS) is 19.2. The molecular formula is C35H41F4N7O. The molecule has 1 saturated carbocycles. The Balaban J connectivity index is 1.23. The number of alkyl halides is 3. The summed E-state index contributed by atoms with van der Waals surface area (Å²) >= 11 is 0. The number of rotatable bonds is 11. The summed E-state index contributed by atoms with van der Waals surface area (Å²) in [6.45, 7) is 2.47. The number of nitrogens with zero attached hydrogens (tertiary/aromatic N) is 2. The van der Waals surface area contributed by atoms with E-state index in [9.17, 15) is 18.0 Å². The molecule has 1 aliphatic heterocycles. The van der Waals surface area contributed by atoms with Gasteiger partial charge < -0.3 is 21.4 Å². The van der Waals surface area contributed by atoms with Crippen LogP contribution in [0.15, 0.2) is 53.5 Å². The quantitative estimate of drug-likeness (QED) is 0.0697. The Labute approximate surface area is 270 Å². The van der Waals surface area contributed by atoms with Crippen molar-refractivity contribution in [2.24, 2.45) is 11.7 Å². The molecule has 2 fully saturated rings. The predicted molar refractivity (Wildman–Crippen MR) is 175 cm³/mol. The van der Waals surface area contributed by atoms with Crippen LogP contribution in [0.5, 0.6) is 0 Å². The summed E-state index contributed by atoms with van der Waals surface area (Å²) in [5.74, 6) is -0.416. The van der Waals surface area contributed by atoms with Crippen molar-refractivity contribution in [3.8, 4) is 16.9 Å². The second kappa shape index (κ2) is 13.6. The summed E-state index contributed by atoms with van der Waals surface area (Å²) in [6, 6.07) is 12.1. The molecule has 0 bridgehead atoms. The number of halogens is 4. The molecule has 3 atom stereocenters. The average Bonchev–Trinajstić information content (AvgIpc) is 3.81. The van der Waals surface area contributed by atoms with Gasteiger partial charge in [-0.05, 0) is 106 Å². The van der Waals surface area contributed by atoms with Crippen molar-refractivity contribution >= 4 is 16.9 Å². The lowest BCUT2D eigenvalue weighted by Gasteiger charge is -2.31. The fourth-order valence-electron chi connectivity index (χ4n) is 6.67. The van der Waals surface area contributed by atoms with Crippen molar-refractivity contribution in [2.45, 2.75) is 89.0 Å². The molecule has 0 spiro atoms. The highest BCUT2D eigenvalue weighted by Gasteiger charge is 2.36. The summed E-state index contributed by atoms with van der Waals surface area (Å²) in [6.07, 6.45) is 4.61. The molecule has 2 aromatic carbocycles. The van der Waals surface area contributed by atoms with Crippen LogP contribution in [-0.2, 0) is 12.6 Å². The van der Waals surface area contributed by atoms with Gasteiger partial charge in [-0.3, -0.25) is 9.98 Å². The molecule has 1 saturated heterocycles. The summed E-state index contributed by atoms with van der Waals surface area (Å²) in [4.78, 5) is 20.1. The van der Waals surface area contributed by atoms with E-state index in [1.165, 1.54) is 16.7 Å². The Kier molecular flexibility index (Phi) is 9.52. The van der Waals surface area contributed by atoms with E-state index in [0.717, 1.165) is 56.7 Å². The fraction of sp³-hybridized carbons (Fsp3) is 0.457. The van der Waals surface area contributed by atoms with E-state index >= 15 is 4.39 Å². The largest absolute Gasteiger partial charge is 0.419 e. The van der Waals surface area contributed by atoms with Gasteiger partial charge in [-0.2, -0.15) is 18.2 Å². The van der Waals surface area contributed by atoms with Gasteiger partial charge in [0.15, 0.2) is 0 Å². The zero-order valence-corrected chi connectivity index (χ0v) is 26.4. The molecule has 47 heavy (non-hydrogen) atoms. The van der Waals surface area contributed by atoms with E-state index in [0.29, 0.717) is 53.7 Å². The minimum absolute atomic E-state index is 0.0353. The van der Waals surface area contributed by atoms with Crippen LogP contribution in [0.1, 0.15) is 81.0 Å². The number of aromatic amines is 1. The van der Waals surface area contributed by atoms with Gasteiger partial charge in [0.05, 0.1) is 22.8 Å². The van der Waals surface area contributed by atoms with Gasteiger partial charge in [0.2, 0.25) is 0 Å². The standard InChI is InChI=1S/C35H41F4N7O/c1-20(40)42-15-14-25-5-3-7-30(43-25)23-10-12-26(13-11-23)46-19-24-18-31(44-33(24)45-34(46)47)27-16-21(4-2-6-29(41)22-8-9-22)17-28(32(27)36)35(37,38)39/h10-13,16-19,22,25,29-30,43H,2-9,14-15,41H2,1H3,(H2,40,42)(H,44,45,47)/t25-,29+,30-/m0/s1. The van der Waals surface area contributed by atoms with Crippen LogP contribution in [-0.4, -0.2) is 39.0 Å². The van der Waals surface area contributed by atoms with Crippen LogP contribution in [0.2, 0.25) is 0 Å². The van der Waals surface area contributed by atoms with E-state index in [-0.39, 0.29) is 29.0 Å². The van der Waals surface area contributed by atoms with Crippen LogP contribution in [0.3, 0.4) is 0 Å². The number of hydrogen-bond acceptors (Lipinski definition) is 5. The third-order valence-corrected chi connectivity index (χ3v) is 9.41. The first-order valence-electron chi connectivity index (χ1n) is 16.4. The van der Waals surface area contributed by atoms with E-state index in [2.05, 4.69) is 20.6 Å². The smallest absolute Gasteiger partial charge is 0.374 e. The topological polar surface area (TPSA) is 125 Å². The SMILES string of the molecule is CC(=N)NCC[C@@H]1CCC[C@@H](c2ccc(-n3cc4cc(-c5cc(CCC[C@@H](N)C6CC6)cc(C(F)(F)F)c5F)[nH]c4nc3=O)cc2)N1. The average molecular weight is 652 g/mol. The Morgan fingerprint density at radius 2 is 1.91 bits per heavy atom. The fourth-order valence-corrected chi connectivity index (χ4v) is 6.67. The molecule has 6 rings (SSSR count). The maximum Gasteiger partial charge on any atom is 0.419 e. The molecule has 250 valence electrons. The van der Waals surface area contributed by atoms with Crippen molar-refractivity contribution in [1.29, 1.82) is 5.41 Å². The molecule has 12 heteroatoms. The zero-order chi connectivity index (χ0) is 33.3. The lowest BCUT2D eigenvalue weighted by atomic mass is 9.92. The summed E-state index contributed by atoms with van der Waals surface area (Å²) < 4.78 is 58.4. The number of H-pyrrole nitrogens is 1. The highest BCUT2D eigenvalue weighted by atomic mass is 19.4. The summed E-state index contributed by atoms with van der Waals surface area (Å²) in [5, 5.41) is 14.8. The van der Waals surface area contributed by atoms with Crippen molar-refractivity contribution < 1.29 is 17.6 Å². The number of piperidine rings is 1. The van der Waals surface area contributed by atoms with Crippen LogP contribution in [0.4, 0.5) is 17.6 Å². The minimum atomic E-state index is -4.87. The van der Waals surface area contributed by atoms with Gasteiger partial charge in [0.1, 0.15) is 11.5 Å². The van der Waals surface area contributed by atoms with Gasteiger partial charge in [0.25, 0.3) is 0 Å². The first kappa shape index (κ1) is 32.9. The number of hydrogen-bond donors (Lipinski definition) is 5. The molecule has 0 unspecified atom stereocenters. The lowest BCUT2D eigenvalue weighted by Crippen LogP contribution is -2.39. The van der Waals surface area contributed by atoms with Crippen LogP contribution in [0.25, 0.3) is 28.0 Å². The van der Waals surface area contributed by atoms with Gasteiger partial charge in [0, 0.05) is 41.8 Å². The molecule has 0 radical (unpaired) electrons. The Hall–Kier alpha value is -4.03. The van der Waals surface area contributed by atoms with Crippen LogP contribution >= 0.6 is 0 Å². The van der Waals surface area contributed by atoms with Gasteiger partial charge >= 0.3 is 11.9 Å². The molecular weight excluding hydrogens is 610 g/mol. The van der Waals surface area contributed by atoms with Gasteiger partial charge in [-0.25, -0.2) is 9.18 Å². The summed E-state index contributed by atoms with van der Waals surface area (Å²) in [5.41, 5.74) is 6.41. The zero-order valence-electron chi connectivity index (χ0n) is 26.4. The molecule has 1 aliphatic carbocycles. The Morgan fingerprint density at radius 3 is 2.62 bits per heavy atom. The Morgan fingerprint density at radius 1 is 1.15 bits per heavy atom. The first-order chi connectivity index (χ1) is 22.5. The number of aryl methyl sites for hydroxylation is 1. The minimum Gasteiger partial charge on any atom is -0.374 e. The third-order valence-electron chi connectivity index (χ3n) is 9.41. The van der Waals surface area contributed by atoms with Crippen molar-refractivity contribution in [1.82, 2.24) is 25.2 Å². The van der Waals surface area contributed by atoms with Crippen molar-refractivity contribution in [3.63, 3.8) is 0 Å². The van der Waals surface area contributed by atoms with Crippen LogP contribution in [0, 0.1) is 17.1 Å². The summed E-state index contributed by atoms with van der Waals surface area (Å²) in [7, 11) is 0. The van der Waals surface area contributed by atoms with Crippen LogP contribution < -0.4 is 22.1 Å². The molecule has 6 N–H and O–H groups in total. The number of fused-ring (bicyclic) bond motifs is 1. The predicted octanol–water partition coefficient (Wildman–Crippen LogP) is 6.76. The van der Waals surface area contributed by atoms with Crippen molar-refractivity contribution in [3.05, 3.63) is 81.7 Å². The van der Waals surface area contributed by atoms with E-state index in [4.69, 9.17) is 11.1 Å². The number of nitrogens with one attached hydrogen (secondary N) is 4. The number of benzene rings is 2.